The first kappa shape index (κ1) is 16.7. The summed E-state index contributed by atoms with van der Waals surface area (Å²) in [6, 6.07) is 0.111. The summed E-state index contributed by atoms with van der Waals surface area (Å²) in [6.07, 6.45) is 9.61. The fraction of sp³-hybridized carbons (Fsp3) is 0.905. The van der Waals surface area contributed by atoms with Crippen molar-refractivity contribution in [1.82, 2.24) is 0 Å². The fourth-order valence-electron chi connectivity index (χ4n) is 7.60. The van der Waals surface area contributed by atoms with Crippen molar-refractivity contribution < 1.29 is 14.6 Å². The van der Waals surface area contributed by atoms with E-state index in [9.17, 15) is 5.11 Å². The zero-order chi connectivity index (χ0) is 17.4. The number of aliphatic hydroxyl groups is 1. The zero-order valence-electron chi connectivity index (χ0n) is 15.7. The molecule has 0 unspecified atom stereocenters. The Balaban J connectivity index is 1.53. The Labute approximate surface area is 151 Å². The number of ether oxygens (including phenoxy) is 2. The van der Waals surface area contributed by atoms with Gasteiger partial charge in [0, 0.05) is 17.9 Å². The van der Waals surface area contributed by atoms with Crippen molar-refractivity contribution >= 4 is 0 Å². The van der Waals surface area contributed by atoms with Gasteiger partial charge < -0.3 is 20.3 Å². The van der Waals surface area contributed by atoms with Crippen LogP contribution < -0.4 is 5.73 Å². The Hall–Kier alpha value is -0.420. The second kappa shape index (κ2) is 5.31. The van der Waals surface area contributed by atoms with Crippen molar-refractivity contribution in [2.45, 2.75) is 76.7 Å². The van der Waals surface area contributed by atoms with E-state index in [0.717, 1.165) is 38.9 Å². The number of nitrogens with two attached hydrogens (primary N) is 1. The molecule has 5 aliphatic rings. The number of hydrogen-bond acceptors (Lipinski definition) is 4. The van der Waals surface area contributed by atoms with E-state index in [1.54, 1.807) is 0 Å². The molecule has 3 N–H and O–H groups in total. The van der Waals surface area contributed by atoms with Crippen LogP contribution >= 0.6 is 0 Å². The van der Waals surface area contributed by atoms with Crippen LogP contribution in [0.1, 0.15) is 58.8 Å². The maximum absolute atomic E-state index is 10.2. The van der Waals surface area contributed by atoms with Gasteiger partial charge >= 0.3 is 0 Å². The molecule has 5 rings (SSSR count). The maximum Gasteiger partial charge on any atom is 0.174 e. The lowest BCUT2D eigenvalue weighted by atomic mass is 9.46. The molecule has 0 aromatic rings. The van der Waals surface area contributed by atoms with E-state index >= 15 is 0 Å². The highest BCUT2D eigenvalue weighted by molar-refractivity contribution is 5.29. The van der Waals surface area contributed by atoms with E-state index < -0.39 is 0 Å². The normalized spacial score (nSPS) is 53.9. The van der Waals surface area contributed by atoms with Crippen molar-refractivity contribution in [3.05, 3.63) is 11.6 Å². The lowest BCUT2D eigenvalue weighted by Crippen LogP contribution is -2.59. The van der Waals surface area contributed by atoms with E-state index in [0.29, 0.717) is 17.8 Å². The first-order valence-electron chi connectivity index (χ1n) is 10.3. The van der Waals surface area contributed by atoms with Gasteiger partial charge in [0.05, 0.1) is 19.3 Å². The van der Waals surface area contributed by atoms with Crippen LogP contribution in [0.2, 0.25) is 0 Å². The van der Waals surface area contributed by atoms with Gasteiger partial charge in [0.25, 0.3) is 0 Å². The molecule has 0 aromatic carbocycles. The number of hydrogen-bond donors (Lipinski definition) is 2. The minimum Gasteiger partial charge on any atom is -0.393 e. The SMILES string of the molecule is C[C@]12CC[C@H](O)CC1=C[C@H](N)[C@@H]1[C@@H]2CC[C@@]2(C)[C@H]1CCC21OCCO1. The van der Waals surface area contributed by atoms with Crippen LogP contribution in [0.5, 0.6) is 0 Å². The molecule has 4 nitrogen and oxygen atoms in total. The van der Waals surface area contributed by atoms with Gasteiger partial charge in [0.1, 0.15) is 0 Å². The van der Waals surface area contributed by atoms with Crippen molar-refractivity contribution in [3.63, 3.8) is 0 Å². The number of fused-ring (bicyclic) bond motifs is 6. The van der Waals surface area contributed by atoms with Crippen molar-refractivity contribution in [3.8, 4) is 0 Å². The Morgan fingerprint density at radius 1 is 1.04 bits per heavy atom. The summed E-state index contributed by atoms with van der Waals surface area (Å²) < 4.78 is 12.4. The van der Waals surface area contributed by atoms with Crippen molar-refractivity contribution in [2.75, 3.05) is 13.2 Å². The Kier molecular flexibility index (Phi) is 3.55. The highest BCUT2D eigenvalue weighted by Crippen LogP contribution is 2.68. The standard InChI is InChI=1S/C21H33NO3/c1-19-6-3-14(23)11-13(19)12-17(22)18-15(19)4-7-20(2)16(18)5-8-21(20)24-9-10-25-21/h12,14-18,23H,3-11,22H2,1-2H3/t14-,15-,16-,17-,18+,19-,20-/m0/s1. The molecule has 0 aromatic heterocycles. The summed E-state index contributed by atoms with van der Waals surface area (Å²) >= 11 is 0. The molecule has 4 aliphatic carbocycles. The molecular weight excluding hydrogens is 314 g/mol. The third-order valence-electron chi connectivity index (χ3n) is 8.97. The number of rotatable bonds is 0. The van der Waals surface area contributed by atoms with Crippen LogP contribution in [0.4, 0.5) is 0 Å². The molecule has 4 heteroatoms. The van der Waals surface area contributed by atoms with Gasteiger partial charge in [-0.3, -0.25) is 0 Å². The monoisotopic (exact) mass is 347 g/mol. The molecule has 3 saturated carbocycles. The van der Waals surface area contributed by atoms with Crippen LogP contribution in [-0.4, -0.2) is 36.3 Å². The molecule has 4 fully saturated rings. The Morgan fingerprint density at radius 2 is 1.76 bits per heavy atom. The van der Waals surface area contributed by atoms with Crippen LogP contribution in [-0.2, 0) is 9.47 Å². The summed E-state index contributed by atoms with van der Waals surface area (Å²) in [4.78, 5) is 0. The first-order valence-corrected chi connectivity index (χ1v) is 10.3. The fourth-order valence-corrected chi connectivity index (χ4v) is 7.60. The summed E-state index contributed by atoms with van der Waals surface area (Å²) in [6.45, 7) is 6.33. The third kappa shape index (κ3) is 2.03. The van der Waals surface area contributed by atoms with Gasteiger partial charge in [-0.05, 0) is 61.7 Å². The molecule has 1 spiro atoms. The molecule has 1 heterocycles. The van der Waals surface area contributed by atoms with E-state index in [2.05, 4.69) is 19.9 Å². The van der Waals surface area contributed by atoms with Gasteiger partial charge in [-0.15, -0.1) is 0 Å². The molecule has 7 atom stereocenters. The van der Waals surface area contributed by atoms with E-state index in [1.165, 1.54) is 24.8 Å². The molecule has 0 amide bonds. The van der Waals surface area contributed by atoms with E-state index in [4.69, 9.17) is 15.2 Å². The van der Waals surface area contributed by atoms with Crippen LogP contribution in [0, 0.1) is 28.6 Å². The highest BCUT2D eigenvalue weighted by atomic mass is 16.7. The van der Waals surface area contributed by atoms with E-state index in [1.807, 2.05) is 0 Å². The Bertz CT molecular complexity index is 598. The second-order valence-corrected chi connectivity index (χ2v) is 9.82. The summed E-state index contributed by atoms with van der Waals surface area (Å²) in [7, 11) is 0. The van der Waals surface area contributed by atoms with Gasteiger partial charge in [0.15, 0.2) is 5.79 Å². The van der Waals surface area contributed by atoms with E-state index in [-0.39, 0.29) is 28.8 Å². The van der Waals surface area contributed by atoms with Gasteiger partial charge in [-0.1, -0.05) is 25.5 Å². The highest BCUT2D eigenvalue weighted by Gasteiger charge is 2.67. The molecule has 1 aliphatic heterocycles. The molecule has 1 saturated heterocycles. The second-order valence-electron chi connectivity index (χ2n) is 9.82. The predicted octanol–water partition coefficient (Wildman–Crippen LogP) is 2.99. The molecule has 0 radical (unpaired) electrons. The van der Waals surface area contributed by atoms with Gasteiger partial charge in [-0.25, -0.2) is 0 Å². The molecular formula is C21H33NO3. The van der Waals surface area contributed by atoms with Crippen LogP contribution in [0.3, 0.4) is 0 Å². The van der Waals surface area contributed by atoms with Crippen molar-refractivity contribution in [2.24, 2.45) is 34.3 Å². The lowest BCUT2D eigenvalue weighted by Gasteiger charge is -2.60. The summed E-state index contributed by atoms with van der Waals surface area (Å²) in [5, 5.41) is 10.2. The third-order valence-corrected chi connectivity index (χ3v) is 8.97. The average Bonchev–Trinajstić information content (AvgIpc) is 3.17. The van der Waals surface area contributed by atoms with Crippen molar-refractivity contribution in [1.29, 1.82) is 0 Å². The minimum atomic E-state index is -0.351. The predicted molar refractivity (Wildman–Crippen MR) is 95.7 cm³/mol. The largest absolute Gasteiger partial charge is 0.393 e. The molecule has 140 valence electrons. The molecule has 0 bridgehead atoms. The summed E-state index contributed by atoms with van der Waals surface area (Å²) in [5.41, 5.74) is 8.52. The Morgan fingerprint density at radius 3 is 2.52 bits per heavy atom. The average molecular weight is 347 g/mol. The topological polar surface area (TPSA) is 64.7 Å². The maximum atomic E-state index is 10.2. The zero-order valence-corrected chi connectivity index (χ0v) is 15.7. The smallest absolute Gasteiger partial charge is 0.174 e. The first-order chi connectivity index (χ1) is 11.9. The molecule has 25 heavy (non-hydrogen) atoms. The lowest BCUT2D eigenvalue weighted by molar-refractivity contribution is -0.242. The van der Waals surface area contributed by atoms with Crippen LogP contribution in [0.25, 0.3) is 0 Å². The van der Waals surface area contributed by atoms with Crippen LogP contribution in [0.15, 0.2) is 11.6 Å². The number of aliphatic hydroxyl groups excluding tert-OH is 1. The van der Waals surface area contributed by atoms with Gasteiger partial charge in [0.2, 0.25) is 0 Å². The minimum absolute atomic E-state index is 0.0954. The summed E-state index contributed by atoms with van der Waals surface area (Å²) in [5.74, 6) is 1.40. The quantitative estimate of drug-likeness (QED) is 0.661. The van der Waals surface area contributed by atoms with Gasteiger partial charge in [-0.2, -0.15) is 0 Å².